The molecule has 0 heterocycles. The lowest BCUT2D eigenvalue weighted by atomic mass is 10.1. The molecule has 1 aromatic rings. The van der Waals surface area contributed by atoms with Gasteiger partial charge in [-0.1, -0.05) is 0 Å². The second-order valence-electron chi connectivity index (χ2n) is 3.64. The third-order valence-corrected chi connectivity index (χ3v) is 2.19. The Labute approximate surface area is 101 Å². The first-order chi connectivity index (χ1) is 8.34. The summed E-state index contributed by atoms with van der Waals surface area (Å²) in [6.07, 6.45) is -2.90. The number of anilines is 1. The number of benzene rings is 1. The lowest BCUT2D eigenvalue weighted by Gasteiger charge is -2.12. The van der Waals surface area contributed by atoms with Crippen LogP contribution in [0.3, 0.4) is 0 Å². The standard InChI is InChI=1S/C12H10F5N/c1-18(2)8-5-3-7(4-6-8)9(13)10(14)11(15)12(16)17/h3-6H,1-2H3/b10-9+. The van der Waals surface area contributed by atoms with Crippen molar-refractivity contribution in [2.45, 2.75) is 0 Å². The lowest BCUT2D eigenvalue weighted by Crippen LogP contribution is -2.08. The van der Waals surface area contributed by atoms with Crippen LogP contribution < -0.4 is 4.90 Å². The first-order valence-corrected chi connectivity index (χ1v) is 4.88. The van der Waals surface area contributed by atoms with E-state index >= 15 is 0 Å². The number of allylic oxidation sites excluding steroid dienone is 2. The van der Waals surface area contributed by atoms with Crippen LogP contribution in [-0.2, 0) is 0 Å². The van der Waals surface area contributed by atoms with Crippen LogP contribution in [0.1, 0.15) is 5.56 Å². The fourth-order valence-electron chi connectivity index (χ4n) is 1.21. The van der Waals surface area contributed by atoms with E-state index in [4.69, 9.17) is 0 Å². The summed E-state index contributed by atoms with van der Waals surface area (Å²) in [4.78, 5) is 1.71. The van der Waals surface area contributed by atoms with Gasteiger partial charge in [-0.2, -0.15) is 13.2 Å². The van der Waals surface area contributed by atoms with Crippen LogP contribution in [0.5, 0.6) is 0 Å². The molecule has 0 aliphatic carbocycles. The molecule has 0 amide bonds. The Morgan fingerprint density at radius 3 is 1.72 bits per heavy atom. The van der Waals surface area contributed by atoms with Crippen LogP contribution in [0.25, 0.3) is 5.83 Å². The predicted molar refractivity (Wildman–Crippen MR) is 60.3 cm³/mol. The van der Waals surface area contributed by atoms with Gasteiger partial charge >= 0.3 is 6.08 Å². The maximum absolute atomic E-state index is 13.4. The van der Waals surface area contributed by atoms with E-state index in [1.54, 1.807) is 19.0 Å². The quantitative estimate of drug-likeness (QED) is 0.575. The number of hydrogen-bond donors (Lipinski definition) is 0. The molecule has 0 fully saturated rings. The van der Waals surface area contributed by atoms with Gasteiger partial charge in [0, 0.05) is 25.3 Å². The van der Waals surface area contributed by atoms with Crippen molar-refractivity contribution in [2.24, 2.45) is 0 Å². The molecule has 0 atom stereocenters. The van der Waals surface area contributed by atoms with E-state index in [-0.39, 0.29) is 5.56 Å². The van der Waals surface area contributed by atoms with Crippen LogP contribution in [0.15, 0.2) is 42.0 Å². The average Bonchev–Trinajstić information content (AvgIpc) is 2.36. The Hall–Kier alpha value is -1.85. The van der Waals surface area contributed by atoms with Crippen LogP contribution in [0.2, 0.25) is 0 Å². The maximum Gasteiger partial charge on any atom is 0.308 e. The Morgan fingerprint density at radius 1 is 0.833 bits per heavy atom. The molecule has 0 saturated heterocycles. The second-order valence-corrected chi connectivity index (χ2v) is 3.64. The number of hydrogen-bond acceptors (Lipinski definition) is 1. The van der Waals surface area contributed by atoms with E-state index in [0.29, 0.717) is 5.69 Å². The van der Waals surface area contributed by atoms with Gasteiger partial charge < -0.3 is 4.90 Å². The molecular formula is C12H10F5N. The molecule has 0 spiro atoms. The van der Waals surface area contributed by atoms with Crippen molar-refractivity contribution in [3.63, 3.8) is 0 Å². The molecular weight excluding hydrogens is 253 g/mol. The SMILES string of the molecule is CN(C)c1ccc(/C(F)=C(\F)C(F)=C(F)F)cc1. The van der Waals surface area contributed by atoms with Crippen molar-refractivity contribution >= 4 is 11.5 Å². The molecule has 1 nitrogen and oxygen atoms in total. The molecule has 0 bridgehead atoms. The highest BCUT2D eigenvalue weighted by molar-refractivity contribution is 5.66. The average molecular weight is 263 g/mol. The van der Waals surface area contributed by atoms with Crippen molar-refractivity contribution in [1.29, 1.82) is 0 Å². The smallest absolute Gasteiger partial charge is 0.308 e. The van der Waals surface area contributed by atoms with Crippen LogP contribution >= 0.6 is 0 Å². The molecule has 0 aliphatic rings. The lowest BCUT2D eigenvalue weighted by molar-refractivity contribution is 0.370. The third kappa shape index (κ3) is 3.09. The van der Waals surface area contributed by atoms with E-state index < -0.39 is 23.6 Å². The minimum atomic E-state index is -2.90. The fraction of sp³-hybridized carbons (Fsp3) is 0.167. The third-order valence-electron chi connectivity index (χ3n) is 2.19. The molecule has 18 heavy (non-hydrogen) atoms. The van der Waals surface area contributed by atoms with Gasteiger partial charge in [0.1, 0.15) is 0 Å². The van der Waals surface area contributed by atoms with E-state index in [0.717, 1.165) is 0 Å². The normalized spacial score (nSPS) is 11.9. The summed E-state index contributed by atoms with van der Waals surface area (Å²) >= 11 is 0. The Bertz CT molecular complexity index is 484. The first kappa shape index (κ1) is 14.2. The highest BCUT2D eigenvalue weighted by Gasteiger charge is 2.18. The molecule has 0 unspecified atom stereocenters. The molecule has 6 heteroatoms. The van der Waals surface area contributed by atoms with Gasteiger partial charge in [0.05, 0.1) is 0 Å². The predicted octanol–water partition coefficient (Wildman–Crippen LogP) is 4.44. The topological polar surface area (TPSA) is 3.24 Å². The van der Waals surface area contributed by atoms with Crippen LogP contribution in [0.4, 0.5) is 27.6 Å². The molecule has 0 aliphatic heterocycles. The minimum Gasteiger partial charge on any atom is -0.378 e. The van der Waals surface area contributed by atoms with E-state index in [1.165, 1.54) is 24.3 Å². The van der Waals surface area contributed by atoms with Crippen LogP contribution in [0, 0.1) is 0 Å². The van der Waals surface area contributed by atoms with Crippen molar-refractivity contribution < 1.29 is 22.0 Å². The molecule has 98 valence electrons. The zero-order valence-corrected chi connectivity index (χ0v) is 9.65. The minimum absolute atomic E-state index is 0.311. The van der Waals surface area contributed by atoms with Crippen molar-refractivity contribution in [2.75, 3.05) is 19.0 Å². The van der Waals surface area contributed by atoms with Gasteiger partial charge in [0.15, 0.2) is 5.83 Å². The monoisotopic (exact) mass is 263 g/mol. The second kappa shape index (κ2) is 5.66. The zero-order valence-electron chi connectivity index (χ0n) is 9.65. The number of nitrogens with zero attached hydrogens (tertiary/aromatic N) is 1. The summed E-state index contributed by atoms with van der Waals surface area (Å²) in [6.45, 7) is 0. The number of halogens is 5. The van der Waals surface area contributed by atoms with Crippen molar-refractivity contribution in [3.05, 3.63) is 47.6 Å². The van der Waals surface area contributed by atoms with Crippen LogP contribution in [-0.4, -0.2) is 14.1 Å². The Morgan fingerprint density at radius 2 is 1.33 bits per heavy atom. The van der Waals surface area contributed by atoms with Crippen molar-refractivity contribution in [1.82, 2.24) is 0 Å². The highest BCUT2D eigenvalue weighted by atomic mass is 19.3. The zero-order chi connectivity index (χ0) is 13.9. The van der Waals surface area contributed by atoms with Gasteiger partial charge in [-0.25, -0.2) is 8.78 Å². The van der Waals surface area contributed by atoms with E-state index in [1.807, 2.05) is 0 Å². The summed E-state index contributed by atoms with van der Waals surface area (Å²) in [5.41, 5.74) is 0.397. The largest absolute Gasteiger partial charge is 0.378 e. The summed E-state index contributed by atoms with van der Waals surface area (Å²) in [6, 6.07) is 5.26. The highest BCUT2D eigenvalue weighted by Crippen LogP contribution is 2.30. The van der Waals surface area contributed by atoms with Gasteiger partial charge in [-0.05, 0) is 24.3 Å². The summed E-state index contributed by atoms with van der Waals surface area (Å²) < 4.78 is 62.4. The van der Waals surface area contributed by atoms with Gasteiger partial charge in [0.25, 0.3) is 0 Å². The van der Waals surface area contributed by atoms with Crippen molar-refractivity contribution in [3.8, 4) is 0 Å². The molecule has 1 rings (SSSR count). The molecule has 0 aromatic heterocycles. The van der Waals surface area contributed by atoms with E-state index in [9.17, 15) is 22.0 Å². The van der Waals surface area contributed by atoms with Gasteiger partial charge in [-0.15, -0.1) is 0 Å². The van der Waals surface area contributed by atoms with E-state index in [2.05, 4.69) is 0 Å². The Balaban J connectivity index is 3.15. The number of rotatable bonds is 3. The first-order valence-electron chi connectivity index (χ1n) is 4.88. The summed E-state index contributed by atoms with van der Waals surface area (Å²) in [7, 11) is 3.48. The molecule has 0 saturated carbocycles. The molecule has 0 N–H and O–H groups in total. The fourth-order valence-corrected chi connectivity index (χ4v) is 1.21. The summed E-state index contributed by atoms with van der Waals surface area (Å²) in [5, 5.41) is 0. The Kier molecular flexibility index (Phi) is 4.47. The van der Waals surface area contributed by atoms with Gasteiger partial charge in [-0.3, -0.25) is 0 Å². The molecule has 0 radical (unpaired) electrons. The summed E-state index contributed by atoms with van der Waals surface area (Å²) in [5.74, 6) is -6.35. The maximum atomic E-state index is 13.4. The van der Waals surface area contributed by atoms with Gasteiger partial charge in [0.2, 0.25) is 11.7 Å². The molecule has 1 aromatic carbocycles.